The number of para-hydroxylation sites is 1. The maximum absolute atomic E-state index is 12.9. The highest BCUT2D eigenvalue weighted by molar-refractivity contribution is 6.36. The SMILES string of the molecule is O=C(COC(=O)c1cc(-c2ccc(Cl)cc2Cl)nc2ccccc12)NNC(=O)c1ccccc1. The van der Waals surface area contributed by atoms with Crippen LogP contribution in [-0.4, -0.2) is 29.4 Å². The van der Waals surface area contributed by atoms with Crippen LogP contribution in [0.2, 0.25) is 10.0 Å². The molecule has 0 spiro atoms. The number of nitrogens with one attached hydrogen (secondary N) is 2. The molecule has 3 aromatic carbocycles. The minimum atomic E-state index is -0.727. The van der Waals surface area contributed by atoms with Crippen molar-refractivity contribution in [2.24, 2.45) is 0 Å². The van der Waals surface area contributed by atoms with Crippen LogP contribution in [0.4, 0.5) is 0 Å². The van der Waals surface area contributed by atoms with Gasteiger partial charge in [0, 0.05) is 21.5 Å². The van der Waals surface area contributed by atoms with Crippen molar-refractivity contribution in [2.45, 2.75) is 0 Å². The second kappa shape index (κ2) is 10.3. The number of aromatic nitrogens is 1. The lowest BCUT2D eigenvalue weighted by Crippen LogP contribution is -2.43. The van der Waals surface area contributed by atoms with Crippen LogP contribution in [0.1, 0.15) is 20.7 Å². The summed E-state index contributed by atoms with van der Waals surface area (Å²) in [5.41, 5.74) is 6.67. The minimum Gasteiger partial charge on any atom is -0.452 e. The number of fused-ring (bicyclic) bond motifs is 1. The van der Waals surface area contributed by atoms with Gasteiger partial charge in [-0.15, -0.1) is 0 Å². The first-order valence-corrected chi connectivity index (χ1v) is 10.8. The van der Waals surface area contributed by atoms with E-state index in [1.165, 1.54) is 0 Å². The average Bonchev–Trinajstić information content (AvgIpc) is 2.85. The summed E-state index contributed by atoms with van der Waals surface area (Å²) in [5.74, 6) is -1.92. The fourth-order valence-electron chi connectivity index (χ4n) is 3.21. The zero-order chi connectivity index (χ0) is 24.1. The number of amides is 2. The lowest BCUT2D eigenvalue weighted by molar-refractivity contribution is -0.125. The van der Waals surface area contributed by atoms with E-state index in [9.17, 15) is 14.4 Å². The van der Waals surface area contributed by atoms with Crippen LogP contribution in [-0.2, 0) is 9.53 Å². The maximum atomic E-state index is 12.9. The van der Waals surface area contributed by atoms with Gasteiger partial charge in [-0.05, 0) is 42.5 Å². The molecule has 2 N–H and O–H groups in total. The molecule has 1 aromatic heterocycles. The van der Waals surface area contributed by atoms with Gasteiger partial charge in [-0.25, -0.2) is 9.78 Å². The first kappa shape index (κ1) is 23.2. The predicted octanol–water partition coefficient (Wildman–Crippen LogP) is 4.83. The summed E-state index contributed by atoms with van der Waals surface area (Å²) in [7, 11) is 0. The molecule has 170 valence electrons. The number of hydrogen-bond acceptors (Lipinski definition) is 5. The number of esters is 1. The van der Waals surface area contributed by atoms with Gasteiger partial charge in [0.1, 0.15) is 0 Å². The van der Waals surface area contributed by atoms with E-state index < -0.39 is 24.4 Å². The fraction of sp³-hybridized carbons (Fsp3) is 0.0400. The molecule has 0 aliphatic heterocycles. The highest BCUT2D eigenvalue weighted by Gasteiger charge is 2.18. The quantitative estimate of drug-likeness (QED) is 0.306. The van der Waals surface area contributed by atoms with Gasteiger partial charge >= 0.3 is 5.97 Å². The molecule has 0 aliphatic rings. The number of benzene rings is 3. The molecule has 0 aliphatic carbocycles. The molecule has 1 heterocycles. The van der Waals surface area contributed by atoms with E-state index in [1.807, 2.05) is 0 Å². The van der Waals surface area contributed by atoms with Gasteiger partial charge in [-0.2, -0.15) is 0 Å². The predicted molar refractivity (Wildman–Crippen MR) is 130 cm³/mol. The van der Waals surface area contributed by atoms with Crippen molar-refractivity contribution in [1.82, 2.24) is 15.8 Å². The third-order valence-electron chi connectivity index (χ3n) is 4.83. The Bertz CT molecular complexity index is 1390. The zero-order valence-corrected chi connectivity index (χ0v) is 19.1. The Morgan fingerprint density at radius 2 is 1.59 bits per heavy atom. The van der Waals surface area contributed by atoms with E-state index in [0.717, 1.165) is 0 Å². The molecule has 2 amide bonds. The van der Waals surface area contributed by atoms with Crippen molar-refractivity contribution in [3.8, 4) is 11.3 Å². The Morgan fingerprint density at radius 1 is 0.853 bits per heavy atom. The molecule has 34 heavy (non-hydrogen) atoms. The molecule has 0 atom stereocenters. The Kier molecular flexibility index (Phi) is 7.06. The van der Waals surface area contributed by atoms with E-state index in [1.54, 1.807) is 78.9 Å². The largest absolute Gasteiger partial charge is 0.452 e. The summed E-state index contributed by atoms with van der Waals surface area (Å²) < 4.78 is 5.19. The molecule has 7 nitrogen and oxygen atoms in total. The summed E-state index contributed by atoms with van der Waals surface area (Å²) in [5, 5.41) is 1.40. The molecule has 0 saturated carbocycles. The Balaban J connectivity index is 1.49. The number of nitrogens with zero attached hydrogens (tertiary/aromatic N) is 1. The number of rotatable bonds is 5. The standard InChI is InChI=1S/C25H17Cl2N3O4/c26-16-10-11-18(20(27)12-16)22-13-19(17-8-4-5-9-21(17)28-22)25(33)34-14-23(31)29-30-24(32)15-6-2-1-3-7-15/h1-13H,14H2,(H,29,31)(H,30,32). The van der Waals surface area contributed by atoms with E-state index in [-0.39, 0.29) is 5.56 Å². The van der Waals surface area contributed by atoms with Crippen LogP contribution in [0, 0.1) is 0 Å². The number of carbonyl (C=O) groups excluding carboxylic acids is 3. The molecular weight excluding hydrogens is 477 g/mol. The lowest BCUT2D eigenvalue weighted by Gasteiger charge is -2.11. The molecule has 0 radical (unpaired) electrons. The van der Waals surface area contributed by atoms with Crippen LogP contribution in [0.15, 0.2) is 78.9 Å². The van der Waals surface area contributed by atoms with E-state index in [2.05, 4.69) is 15.8 Å². The van der Waals surface area contributed by atoms with Gasteiger partial charge in [-0.1, -0.05) is 59.6 Å². The number of hydrogen-bond donors (Lipinski definition) is 2. The molecule has 0 fully saturated rings. The number of halogens is 2. The first-order valence-electron chi connectivity index (χ1n) is 10.1. The van der Waals surface area contributed by atoms with Gasteiger partial charge in [0.25, 0.3) is 11.8 Å². The van der Waals surface area contributed by atoms with Gasteiger partial charge in [0.2, 0.25) is 0 Å². The molecule has 0 saturated heterocycles. The van der Waals surface area contributed by atoms with Crippen molar-refractivity contribution in [3.63, 3.8) is 0 Å². The summed E-state index contributed by atoms with van der Waals surface area (Å²) in [6, 6.07) is 21.9. The molecular formula is C25H17Cl2N3O4. The number of carbonyl (C=O) groups is 3. The second-order valence-corrected chi connectivity index (χ2v) is 7.98. The maximum Gasteiger partial charge on any atom is 0.339 e. The lowest BCUT2D eigenvalue weighted by atomic mass is 10.0. The monoisotopic (exact) mass is 493 g/mol. The highest BCUT2D eigenvalue weighted by Crippen LogP contribution is 2.32. The Labute approximate surface area is 204 Å². The van der Waals surface area contributed by atoms with E-state index in [4.69, 9.17) is 27.9 Å². The summed E-state index contributed by atoms with van der Waals surface area (Å²) in [4.78, 5) is 41.6. The van der Waals surface area contributed by atoms with Gasteiger partial charge < -0.3 is 4.74 Å². The first-order chi connectivity index (χ1) is 16.4. The smallest absolute Gasteiger partial charge is 0.339 e. The van der Waals surface area contributed by atoms with Crippen LogP contribution in [0.3, 0.4) is 0 Å². The van der Waals surface area contributed by atoms with Crippen LogP contribution >= 0.6 is 23.2 Å². The third-order valence-corrected chi connectivity index (χ3v) is 5.38. The van der Waals surface area contributed by atoms with E-state index in [0.29, 0.717) is 37.8 Å². The Morgan fingerprint density at radius 3 is 2.35 bits per heavy atom. The van der Waals surface area contributed by atoms with Crippen molar-refractivity contribution in [1.29, 1.82) is 0 Å². The number of pyridine rings is 1. The minimum absolute atomic E-state index is 0.215. The summed E-state index contributed by atoms with van der Waals surface area (Å²) >= 11 is 12.3. The highest BCUT2D eigenvalue weighted by atomic mass is 35.5. The average molecular weight is 494 g/mol. The zero-order valence-electron chi connectivity index (χ0n) is 17.5. The topological polar surface area (TPSA) is 97.4 Å². The summed E-state index contributed by atoms with van der Waals surface area (Å²) in [6.45, 7) is -0.596. The van der Waals surface area contributed by atoms with Gasteiger partial charge in [0.15, 0.2) is 6.61 Å². The normalized spacial score (nSPS) is 10.5. The molecule has 4 rings (SSSR count). The van der Waals surface area contributed by atoms with Crippen LogP contribution in [0.5, 0.6) is 0 Å². The van der Waals surface area contributed by atoms with Crippen molar-refractivity contribution in [3.05, 3.63) is 100 Å². The van der Waals surface area contributed by atoms with Gasteiger partial charge in [-0.3, -0.25) is 20.4 Å². The van der Waals surface area contributed by atoms with Gasteiger partial charge in [0.05, 0.1) is 21.8 Å². The van der Waals surface area contributed by atoms with Crippen LogP contribution < -0.4 is 10.9 Å². The fourth-order valence-corrected chi connectivity index (χ4v) is 3.72. The van der Waals surface area contributed by atoms with Crippen molar-refractivity contribution >= 4 is 51.9 Å². The van der Waals surface area contributed by atoms with Crippen LogP contribution in [0.25, 0.3) is 22.2 Å². The molecule has 4 aromatic rings. The third kappa shape index (κ3) is 5.33. The van der Waals surface area contributed by atoms with E-state index >= 15 is 0 Å². The van der Waals surface area contributed by atoms with Crippen molar-refractivity contribution < 1.29 is 19.1 Å². The second-order valence-electron chi connectivity index (χ2n) is 7.14. The number of ether oxygens (including phenoxy) is 1. The Hall–Kier alpha value is -3.94. The molecule has 0 unspecified atom stereocenters. The summed E-state index contributed by atoms with van der Waals surface area (Å²) in [6.07, 6.45) is 0. The molecule has 9 heteroatoms. The number of hydrazine groups is 1. The van der Waals surface area contributed by atoms with Crippen molar-refractivity contribution in [2.75, 3.05) is 6.61 Å². The molecule has 0 bridgehead atoms.